The second-order valence-corrected chi connectivity index (χ2v) is 7.71. The summed E-state index contributed by atoms with van der Waals surface area (Å²) in [5.41, 5.74) is 7.42. The van der Waals surface area contributed by atoms with Crippen molar-refractivity contribution < 1.29 is 14.6 Å². The Bertz CT molecular complexity index is 981. The van der Waals surface area contributed by atoms with E-state index in [1.54, 1.807) is 29.5 Å². The first kappa shape index (κ1) is 20.9. The van der Waals surface area contributed by atoms with Crippen LogP contribution in [0.15, 0.2) is 47.8 Å². The van der Waals surface area contributed by atoms with Gasteiger partial charge in [-0.1, -0.05) is 30.7 Å². The van der Waals surface area contributed by atoms with Crippen LogP contribution < -0.4 is 15.8 Å². The van der Waals surface area contributed by atoms with Gasteiger partial charge in [-0.05, 0) is 71.6 Å². The number of hydrogen-bond donors (Lipinski definition) is 3. The number of carbonyl (C=O) groups is 1. The third-order valence-corrected chi connectivity index (χ3v) is 5.39. The summed E-state index contributed by atoms with van der Waals surface area (Å²) in [7, 11) is 0. The second kappa shape index (κ2) is 10.6. The van der Waals surface area contributed by atoms with Crippen LogP contribution >= 0.6 is 11.3 Å². The zero-order valence-corrected chi connectivity index (χ0v) is 17.1. The van der Waals surface area contributed by atoms with Gasteiger partial charge >= 0.3 is 0 Å². The molecule has 0 aliphatic heterocycles. The first-order valence-corrected chi connectivity index (χ1v) is 10.6. The number of fused-ring (bicyclic) bond motifs is 1. The minimum atomic E-state index is -0.206. The third kappa shape index (κ3) is 6.34. The SMILES string of the molecule is NCCCCCNC(=O)COc1cc(/C=C/c2ccc3sccc3c2)ccc1O. The van der Waals surface area contributed by atoms with Crippen molar-refractivity contribution in [2.75, 3.05) is 19.7 Å². The van der Waals surface area contributed by atoms with E-state index in [1.165, 1.54) is 10.1 Å². The van der Waals surface area contributed by atoms with Crippen molar-refractivity contribution in [1.82, 2.24) is 5.32 Å². The highest BCUT2D eigenvalue weighted by Crippen LogP contribution is 2.28. The Kier molecular flexibility index (Phi) is 7.67. The number of hydrogen-bond acceptors (Lipinski definition) is 5. The maximum absolute atomic E-state index is 11.9. The summed E-state index contributed by atoms with van der Waals surface area (Å²) in [6.45, 7) is 1.14. The molecule has 1 heterocycles. The van der Waals surface area contributed by atoms with Crippen LogP contribution in [0.1, 0.15) is 30.4 Å². The number of ether oxygens (including phenoxy) is 1. The number of phenolic OH excluding ortho intramolecular Hbond substituents is 1. The van der Waals surface area contributed by atoms with Gasteiger partial charge in [0.05, 0.1) is 0 Å². The average molecular weight is 411 g/mol. The summed E-state index contributed by atoms with van der Waals surface area (Å²) in [5, 5.41) is 16.1. The summed E-state index contributed by atoms with van der Waals surface area (Å²) in [5.74, 6) is 0.0958. The van der Waals surface area contributed by atoms with Gasteiger partial charge in [0.2, 0.25) is 0 Å². The molecule has 0 saturated carbocycles. The highest BCUT2D eigenvalue weighted by atomic mass is 32.1. The topological polar surface area (TPSA) is 84.6 Å². The molecule has 1 amide bonds. The van der Waals surface area contributed by atoms with Crippen LogP contribution in [0, 0.1) is 0 Å². The molecule has 0 unspecified atom stereocenters. The molecule has 3 rings (SSSR count). The van der Waals surface area contributed by atoms with Gasteiger partial charge in [0.15, 0.2) is 18.1 Å². The van der Waals surface area contributed by atoms with Crippen molar-refractivity contribution in [3.05, 3.63) is 59.0 Å². The fourth-order valence-corrected chi connectivity index (χ4v) is 3.67. The number of nitrogens with two attached hydrogens (primary N) is 1. The molecule has 5 nitrogen and oxygen atoms in total. The molecule has 0 saturated heterocycles. The normalized spacial score (nSPS) is 11.2. The Morgan fingerprint density at radius 2 is 1.86 bits per heavy atom. The Hall–Kier alpha value is -2.83. The summed E-state index contributed by atoms with van der Waals surface area (Å²) in [4.78, 5) is 11.9. The molecule has 29 heavy (non-hydrogen) atoms. The number of amides is 1. The standard InChI is InChI=1S/C23H26N2O3S/c24-11-2-1-3-12-25-23(27)16-28-21-15-18(6-8-20(21)26)5-4-17-7-9-22-19(14-17)10-13-29-22/h4-10,13-15,26H,1-3,11-12,16,24H2,(H,25,27)/b5-4+. The molecule has 0 radical (unpaired) electrons. The minimum Gasteiger partial charge on any atom is -0.504 e. The van der Waals surface area contributed by atoms with Crippen molar-refractivity contribution in [3.63, 3.8) is 0 Å². The molecule has 6 heteroatoms. The molecule has 1 aromatic heterocycles. The number of phenols is 1. The van der Waals surface area contributed by atoms with E-state index in [0.29, 0.717) is 18.8 Å². The summed E-state index contributed by atoms with van der Waals surface area (Å²) < 4.78 is 6.77. The number of rotatable bonds is 10. The zero-order chi connectivity index (χ0) is 20.5. The molecule has 4 N–H and O–H groups in total. The van der Waals surface area contributed by atoms with Crippen molar-refractivity contribution in [3.8, 4) is 11.5 Å². The van der Waals surface area contributed by atoms with Gasteiger partial charge in [-0.3, -0.25) is 4.79 Å². The van der Waals surface area contributed by atoms with Crippen LogP contribution in [0.5, 0.6) is 11.5 Å². The van der Waals surface area contributed by atoms with E-state index >= 15 is 0 Å². The smallest absolute Gasteiger partial charge is 0.257 e. The van der Waals surface area contributed by atoms with E-state index in [4.69, 9.17) is 10.5 Å². The molecule has 0 spiro atoms. The van der Waals surface area contributed by atoms with Crippen molar-refractivity contribution >= 4 is 39.5 Å². The van der Waals surface area contributed by atoms with Gasteiger partial charge in [-0.2, -0.15) is 0 Å². The van der Waals surface area contributed by atoms with Crippen LogP contribution in [0.2, 0.25) is 0 Å². The Balaban J connectivity index is 1.55. The summed E-state index contributed by atoms with van der Waals surface area (Å²) in [6, 6.07) is 13.5. The fraction of sp³-hybridized carbons (Fsp3) is 0.261. The molecule has 3 aromatic rings. The lowest BCUT2D eigenvalue weighted by Gasteiger charge is -2.09. The monoisotopic (exact) mass is 410 g/mol. The van der Waals surface area contributed by atoms with Crippen LogP contribution in [-0.2, 0) is 4.79 Å². The first-order chi connectivity index (χ1) is 14.2. The highest BCUT2D eigenvalue weighted by molar-refractivity contribution is 7.17. The van der Waals surface area contributed by atoms with E-state index in [1.807, 2.05) is 12.2 Å². The summed E-state index contributed by atoms with van der Waals surface area (Å²) in [6.07, 6.45) is 6.82. The molecule has 0 atom stereocenters. The fourth-order valence-electron chi connectivity index (χ4n) is 2.90. The van der Waals surface area contributed by atoms with Crippen molar-refractivity contribution in [2.45, 2.75) is 19.3 Å². The number of benzene rings is 2. The van der Waals surface area contributed by atoms with Gasteiger partial charge in [0, 0.05) is 11.2 Å². The number of carbonyl (C=O) groups excluding carboxylic acids is 1. The molecule has 2 aromatic carbocycles. The lowest BCUT2D eigenvalue weighted by molar-refractivity contribution is -0.123. The van der Waals surface area contributed by atoms with Crippen LogP contribution in [-0.4, -0.2) is 30.7 Å². The Labute approximate surface area is 174 Å². The molecular formula is C23H26N2O3S. The van der Waals surface area contributed by atoms with E-state index < -0.39 is 0 Å². The van der Waals surface area contributed by atoms with Crippen molar-refractivity contribution in [1.29, 1.82) is 0 Å². The van der Waals surface area contributed by atoms with E-state index in [9.17, 15) is 9.90 Å². The summed E-state index contributed by atoms with van der Waals surface area (Å²) >= 11 is 1.72. The molecule has 0 aliphatic carbocycles. The third-order valence-electron chi connectivity index (χ3n) is 4.49. The van der Waals surface area contributed by atoms with E-state index in [2.05, 4.69) is 35.0 Å². The number of nitrogens with one attached hydrogen (secondary N) is 1. The number of unbranched alkanes of at least 4 members (excludes halogenated alkanes) is 2. The zero-order valence-electron chi connectivity index (χ0n) is 16.3. The van der Waals surface area contributed by atoms with Gasteiger partial charge in [-0.15, -0.1) is 11.3 Å². The maximum atomic E-state index is 11.9. The Morgan fingerprint density at radius 1 is 1.07 bits per heavy atom. The highest BCUT2D eigenvalue weighted by Gasteiger charge is 2.07. The molecule has 0 aliphatic rings. The minimum absolute atomic E-state index is 0.0117. The number of aromatic hydroxyl groups is 1. The molecular weight excluding hydrogens is 384 g/mol. The van der Waals surface area contributed by atoms with Gasteiger partial charge in [0.25, 0.3) is 5.91 Å². The average Bonchev–Trinajstić information content (AvgIpc) is 3.20. The first-order valence-electron chi connectivity index (χ1n) is 9.73. The van der Waals surface area contributed by atoms with Gasteiger partial charge in [0.1, 0.15) is 0 Å². The van der Waals surface area contributed by atoms with Gasteiger partial charge in [-0.25, -0.2) is 0 Å². The van der Waals surface area contributed by atoms with Crippen LogP contribution in [0.4, 0.5) is 0 Å². The molecule has 0 fully saturated rings. The molecule has 152 valence electrons. The quantitative estimate of drug-likeness (QED) is 0.342. The lowest BCUT2D eigenvalue weighted by Crippen LogP contribution is -2.29. The van der Waals surface area contributed by atoms with E-state index in [-0.39, 0.29) is 18.3 Å². The number of thiophene rings is 1. The molecule has 0 bridgehead atoms. The lowest BCUT2D eigenvalue weighted by atomic mass is 10.1. The van der Waals surface area contributed by atoms with E-state index in [0.717, 1.165) is 30.4 Å². The predicted octanol–water partition coefficient (Wildman–Crippen LogP) is 4.40. The predicted molar refractivity (Wildman–Crippen MR) is 120 cm³/mol. The van der Waals surface area contributed by atoms with Crippen LogP contribution in [0.25, 0.3) is 22.2 Å². The second-order valence-electron chi connectivity index (χ2n) is 6.77. The van der Waals surface area contributed by atoms with Crippen LogP contribution in [0.3, 0.4) is 0 Å². The van der Waals surface area contributed by atoms with Gasteiger partial charge < -0.3 is 20.9 Å². The maximum Gasteiger partial charge on any atom is 0.257 e. The largest absolute Gasteiger partial charge is 0.504 e. The van der Waals surface area contributed by atoms with Crippen molar-refractivity contribution in [2.24, 2.45) is 5.73 Å². The Morgan fingerprint density at radius 3 is 2.69 bits per heavy atom.